The molecular weight excluding hydrogens is 332 g/mol. The summed E-state index contributed by atoms with van der Waals surface area (Å²) >= 11 is 2.98. The summed E-state index contributed by atoms with van der Waals surface area (Å²) in [4.78, 5) is 12.1. The van der Waals surface area contributed by atoms with Crippen LogP contribution in [0.5, 0.6) is 0 Å². The number of amides is 1. The molecule has 1 amide bonds. The zero-order chi connectivity index (χ0) is 16.1. The molecule has 6 nitrogen and oxygen atoms in total. The van der Waals surface area contributed by atoms with Crippen molar-refractivity contribution in [3.8, 4) is 0 Å². The van der Waals surface area contributed by atoms with E-state index in [1.807, 2.05) is 18.2 Å². The molecule has 1 aliphatic rings. The van der Waals surface area contributed by atoms with E-state index in [0.29, 0.717) is 18.1 Å². The number of thioether (sulfide) groups is 1. The Hall–Kier alpha value is -1.48. The molecule has 1 fully saturated rings. The molecule has 2 atom stereocenters. The number of nitrogens with zero attached hydrogens (tertiary/aromatic N) is 2. The summed E-state index contributed by atoms with van der Waals surface area (Å²) in [5.41, 5.74) is 6.78. The fraction of sp³-hybridized carbons (Fsp3) is 0.400. The molecule has 3 N–H and O–H groups in total. The van der Waals surface area contributed by atoms with Crippen molar-refractivity contribution in [3.63, 3.8) is 0 Å². The third kappa shape index (κ3) is 4.51. The summed E-state index contributed by atoms with van der Waals surface area (Å²) in [7, 11) is 0. The fourth-order valence-corrected chi connectivity index (χ4v) is 4.01. The van der Waals surface area contributed by atoms with E-state index in [0.717, 1.165) is 16.5 Å². The van der Waals surface area contributed by atoms with Crippen molar-refractivity contribution in [2.24, 2.45) is 5.73 Å². The van der Waals surface area contributed by atoms with E-state index in [2.05, 4.69) is 27.6 Å². The largest absolute Gasteiger partial charge is 0.364 e. The van der Waals surface area contributed by atoms with E-state index in [4.69, 9.17) is 10.5 Å². The van der Waals surface area contributed by atoms with Gasteiger partial charge in [-0.2, -0.15) is 0 Å². The Morgan fingerprint density at radius 3 is 2.91 bits per heavy atom. The predicted octanol–water partition coefficient (Wildman–Crippen LogP) is 2.28. The second-order valence-electron chi connectivity index (χ2n) is 5.20. The van der Waals surface area contributed by atoms with Crippen molar-refractivity contribution in [1.82, 2.24) is 10.2 Å². The van der Waals surface area contributed by atoms with Crippen LogP contribution in [0.25, 0.3) is 0 Å². The van der Waals surface area contributed by atoms with Crippen LogP contribution in [0.15, 0.2) is 34.7 Å². The average molecular weight is 350 g/mol. The van der Waals surface area contributed by atoms with Crippen molar-refractivity contribution < 1.29 is 9.53 Å². The van der Waals surface area contributed by atoms with Crippen LogP contribution >= 0.6 is 23.1 Å². The lowest BCUT2D eigenvalue weighted by Crippen LogP contribution is -2.29. The number of hydrogen-bond donors (Lipinski definition) is 2. The second kappa shape index (κ2) is 7.87. The molecule has 0 aliphatic carbocycles. The lowest BCUT2D eigenvalue weighted by Gasteiger charge is -2.10. The van der Waals surface area contributed by atoms with Crippen molar-refractivity contribution in [1.29, 1.82) is 0 Å². The minimum Gasteiger partial charge on any atom is -0.364 e. The van der Waals surface area contributed by atoms with E-state index in [1.54, 1.807) is 11.8 Å². The molecule has 1 saturated heterocycles. The van der Waals surface area contributed by atoms with Gasteiger partial charge in [0, 0.05) is 12.3 Å². The maximum Gasteiger partial charge on any atom is 0.255 e. The zero-order valence-electron chi connectivity index (χ0n) is 12.5. The highest BCUT2D eigenvalue weighted by molar-refractivity contribution is 8.00. The van der Waals surface area contributed by atoms with Gasteiger partial charge in [-0.25, -0.2) is 0 Å². The molecule has 0 bridgehead atoms. The first-order valence-corrected chi connectivity index (χ1v) is 9.21. The Kier molecular flexibility index (Phi) is 5.60. The smallest absolute Gasteiger partial charge is 0.255 e. The van der Waals surface area contributed by atoms with E-state index < -0.39 is 6.10 Å². The molecule has 0 spiro atoms. The molecule has 8 heteroatoms. The number of nitrogens with one attached hydrogen (secondary N) is 1. The number of hydrogen-bond acceptors (Lipinski definition) is 7. The highest BCUT2D eigenvalue weighted by Gasteiger charge is 2.30. The van der Waals surface area contributed by atoms with Gasteiger partial charge in [-0.3, -0.25) is 10.1 Å². The Morgan fingerprint density at radius 2 is 2.17 bits per heavy atom. The summed E-state index contributed by atoms with van der Waals surface area (Å²) in [5.74, 6) is 0.657. The number of carbonyl (C=O) groups is 1. The quantitative estimate of drug-likeness (QED) is 0.613. The van der Waals surface area contributed by atoms with Crippen molar-refractivity contribution in [2.45, 2.75) is 35.1 Å². The molecule has 23 heavy (non-hydrogen) atoms. The molecular formula is C15H18N4O2S2. The molecule has 3 rings (SSSR count). The van der Waals surface area contributed by atoms with E-state index in [9.17, 15) is 4.79 Å². The highest BCUT2D eigenvalue weighted by Crippen LogP contribution is 2.29. The maximum atomic E-state index is 12.1. The molecule has 0 unspecified atom stereocenters. The lowest BCUT2D eigenvalue weighted by molar-refractivity contribution is -0.126. The summed E-state index contributed by atoms with van der Waals surface area (Å²) in [6, 6.07) is 10.2. The normalized spacial score (nSPS) is 20.6. The van der Waals surface area contributed by atoms with Crippen LogP contribution < -0.4 is 11.1 Å². The predicted molar refractivity (Wildman–Crippen MR) is 91.5 cm³/mol. The first-order chi connectivity index (χ1) is 11.2. The standard InChI is InChI=1S/C15H18N4O2S2/c16-8-11-6-7-12(21-11)13(20)17-14-18-19-15(23-14)22-9-10-4-2-1-3-5-10/h1-5,11-12H,6-9,16H2,(H,17,18,20)/t11-,12+/m1/s1. The van der Waals surface area contributed by atoms with Crippen molar-refractivity contribution >= 4 is 34.1 Å². The second-order valence-corrected chi connectivity index (χ2v) is 7.40. The van der Waals surface area contributed by atoms with Crippen LogP contribution in [0, 0.1) is 0 Å². The highest BCUT2D eigenvalue weighted by atomic mass is 32.2. The van der Waals surface area contributed by atoms with E-state index in [-0.39, 0.29) is 12.0 Å². The summed E-state index contributed by atoms with van der Waals surface area (Å²) in [5, 5.41) is 11.4. The minimum absolute atomic E-state index is 0.0165. The Morgan fingerprint density at radius 1 is 1.35 bits per heavy atom. The maximum absolute atomic E-state index is 12.1. The Bertz CT molecular complexity index is 650. The molecule has 1 aromatic carbocycles. The number of anilines is 1. The number of aromatic nitrogens is 2. The minimum atomic E-state index is -0.437. The average Bonchev–Trinajstić information content (AvgIpc) is 3.23. The van der Waals surface area contributed by atoms with E-state index >= 15 is 0 Å². The summed E-state index contributed by atoms with van der Waals surface area (Å²) < 4.78 is 6.40. The SMILES string of the molecule is NC[C@H]1CC[C@@H](C(=O)Nc2nnc(SCc3ccccc3)s2)O1. The third-order valence-electron chi connectivity index (χ3n) is 3.50. The molecule has 1 aromatic heterocycles. The molecule has 2 aromatic rings. The number of ether oxygens (including phenoxy) is 1. The summed E-state index contributed by atoms with van der Waals surface area (Å²) in [6.45, 7) is 0.447. The molecule has 2 heterocycles. The number of rotatable bonds is 6. The van der Waals surface area contributed by atoms with Gasteiger partial charge in [0.05, 0.1) is 6.10 Å². The van der Waals surface area contributed by atoms with Crippen molar-refractivity contribution in [3.05, 3.63) is 35.9 Å². The first kappa shape index (κ1) is 16.4. The first-order valence-electron chi connectivity index (χ1n) is 7.41. The summed E-state index contributed by atoms with van der Waals surface area (Å²) in [6.07, 6.45) is 1.07. The van der Waals surface area contributed by atoms with Crippen LogP contribution in [-0.2, 0) is 15.3 Å². The Balaban J connectivity index is 1.50. The van der Waals surface area contributed by atoms with Gasteiger partial charge in [0.1, 0.15) is 6.10 Å². The van der Waals surface area contributed by atoms with Gasteiger partial charge in [-0.05, 0) is 18.4 Å². The van der Waals surface area contributed by atoms with Crippen LogP contribution in [0.1, 0.15) is 18.4 Å². The van der Waals surface area contributed by atoms with Gasteiger partial charge in [0.25, 0.3) is 5.91 Å². The molecule has 0 radical (unpaired) electrons. The number of carbonyl (C=O) groups excluding carboxylic acids is 1. The van der Waals surface area contributed by atoms with Gasteiger partial charge >= 0.3 is 0 Å². The van der Waals surface area contributed by atoms with E-state index in [1.165, 1.54) is 16.9 Å². The topological polar surface area (TPSA) is 90.1 Å². The van der Waals surface area contributed by atoms with Crippen LogP contribution in [0.4, 0.5) is 5.13 Å². The monoisotopic (exact) mass is 350 g/mol. The van der Waals surface area contributed by atoms with Crippen LogP contribution in [0.3, 0.4) is 0 Å². The van der Waals surface area contributed by atoms with Crippen LogP contribution in [-0.4, -0.2) is 34.9 Å². The molecule has 1 aliphatic heterocycles. The van der Waals surface area contributed by atoms with Gasteiger partial charge in [0.2, 0.25) is 5.13 Å². The Labute approximate surface area is 142 Å². The fourth-order valence-electron chi connectivity index (χ4n) is 2.30. The van der Waals surface area contributed by atoms with Gasteiger partial charge < -0.3 is 10.5 Å². The van der Waals surface area contributed by atoms with Crippen molar-refractivity contribution in [2.75, 3.05) is 11.9 Å². The third-order valence-corrected chi connectivity index (χ3v) is 5.55. The number of nitrogens with two attached hydrogens (primary N) is 1. The lowest BCUT2D eigenvalue weighted by atomic mass is 10.2. The number of benzene rings is 1. The van der Waals surface area contributed by atoms with Gasteiger partial charge in [-0.15, -0.1) is 10.2 Å². The van der Waals surface area contributed by atoms with Gasteiger partial charge in [-0.1, -0.05) is 53.4 Å². The van der Waals surface area contributed by atoms with Crippen LogP contribution in [0.2, 0.25) is 0 Å². The molecule has 0 saturated carbocycles. The zero-order valence-corrected chi connectivity index (χ0v) is 14.1. The molecule has 122 valence electrons. The van der Waals surface area contributed by atoms with Gasteiger partial charge in [0.15, 0.2) is 4.34 Å².